The van der Waals surface area contributed by atoms with E-state index in [1.807, 2.05) is 18.2 Å². The van der Waals surface area contributed by atoms with Crippen LogP contribution in [0.25, 0.3) is 94.5 Å². The number of furan rings is 1. The number of hydrogen-bond acceptors (Lipinski definition) is 3. The summed E-state index contributed by atoms with van der Waals surface area (Å²) in [5, 5.41) is 4.50. The standard InChI is InChI=1S/C46H29N3O/c1-3-13-30(14-4-1)31-25-27-32(28-26-31)40-29-41(38-21-12-20-37-35-18-8-10-24-43(35)50-45(37)38)48-46(47-40)39-22-11-19-36-34-17-7-9-23-42(34)49(44(36)39)33-15-5-2-6-16-33/h1-29H. The van der Waals surface area contributed by atoms with Crippen LogP contribution in [0.15, 0.2) is 180 Å². The van der Waals surface area contributed by atoms with Gasteiger partial charge >= 0.3 is 0 Å². The molecule has 234 valence electrons. The maximum absolute atomic E-state index is 6.52. The van der Waals surface area contributed by atoms with Gasteiger partial charge in [0, 0.05) is 43.9 Å². The zero-order chi connectivity index (χ0) is 33.0. The smallest absolute Gasteiger partial charge is 0.162 e. The van der Waals surface area contributed by atoms with Crippen LogP contribution in [0.5, 0.6) is 0 Å². The van der Waals surface area contributed by atoms with Gasteiger partial charge in [-0.05, 0) is 53.6 Å². The van der Waals surface area contributed by atoms with Gasteiger partial charge < -0.3 is 8.98 Å². The third-order valence-corrected chi connectivity index (χ3v) is 9.64. The summed E-state index contributed by atoms with van der Waals surface area (Å²) in [5.41, 5.74) is 11.9. The first-order chi connectivity index (χ1) is 24.8. The van der Waals surface area contributed by atoms with Crippen molar-refractivity contribution in [3.05, 3.63) is 176 Å². The minimum absolute atomic E-state index is 0.656. The second-order valence-electron chi connectivity index (χ2n) is 12.6. The van der Waals surface area contributed by atoms with E-state index in [0.717, 1.165) is 77.7 Å². The number of aromatic nitrogens is 3. The summed E-state index contributed by atoms with van der Waals surface area (Å²) in [6.07, 6.45) is 0. The van der Waals surface area contributed by atoms with Crippen LogP contribution in [0.2, 0.25) is 0 Å². The molecule has 4 nitrogen and oxygen atoms in total. The van der Waals surface area contributed by atoms with E-state index < -0.39 is 0 Å². The minimum atomic E-state index is 0.656. The summed E-state index contributed by atoms with van der Waals surface area (Å²) in [7, 11) is 0. The van der Waals surface area contributed by atoms with Gasteiger partial charge in [0.15, 0.2) is 5.82 Å². The van der Waals surface area contributed by atoms with Crippen LogP contribution in [-0.4, -0.2) is 14.5 Å². The van der Waals surface area contributed by atoms with Gasteiger partial charge in [0.1, 0.15) is 11.2 Å². The Balaban J connectivity index is 1.25. The SMILES string of the molecule is c1ccc(-c2ccc(-c3cc(-c4cccc5c4oc4ccccc45)nc(-c4cccc5c6ccccc6n(-c6ccccc6)c45)n3)cc2)cc1. The first-order valence-corrected chi connectivity index (χ1v) is 16.8. The lowest BCUT2D eigenvalue weighted by molar-refractivity contribution is 0.670. The van der Waals surface area contributed by atoms with Crippen molar-refractivity contribution in [1.29, 1.82) is 0 Å². The molecule has 4 heteroatoms. The maximum atomic E-state index is 6.52. The van der Waals surface area contributed by atoms with Crippen LogP contribution >= 0.6 is 0 Å². The quantitative estimate of drug-likeness (QED) is 0.188. The lowest BCUT2D eigenvalue weighted by Gasteiger charge is -2.13. The van der Waals surface area contributed by atoms with Gasteiger partial charge in [-0.15, -0.1) is 0 Å². The zero-order valence-corrected chi connectivity index (χ0v) is 27.0. The van der Waals surface area contributed by atoms with Gasteiger partial charge in [0.2, 0.25) is 0 Å². The maximum Gasteiger partial charge on any atom is 0.162 e. The monoisotopic (exact) mass is 639 g/mol. The molecule has 0 fully saturated rings. The van der Waals surface area contributed by atoms with Crippen LogP contribution in [-0.2, 0) is 0 Å². The van der Waals surface area contributed by atoms with Gasteiger partial charge in [0.05, 0.1) is 22.4 Å². The number of hydrogen-bond donors (Lipinski definition) is 0. The molecule has 0 amide bonds. The van der Waals surface area contributed by atoms with Crippen molar-refractivity contribution in [3.63, 3.8) is 0 Å². The molecule has 0 aliphatic rings. The van der Waals surface area contributed by atoms with Gasteiger partial charge in [-0.1, -0.05) is 133 Å². The van der Waals surface area contributed by atoms with Crippen molar-refractivity contribution in [2.45, 2.75) is 0 Å². The molecular formula is C46H29N3O. The molecule has 7 aromatic carbocycles. The Labute approximate surface area is 288 Å². The molecule has 10 rings (SSSR count). The molecule has 3 aromatic heterocycles. The van der Waals surface area contributed by atoms with Crippen LogP contribution in [0.3, 0.4) is 0 Å². The average molecular weight is 640 g/mol. The molecule has 0 saturated heterocycles. The van der Waals surface area contributed by atoms with Gasteiger partial charge in [-0.3, -0.25) is 0 Å². The highest BCUT2D eigenvalue weighted by atomic mass is 16.3. The fourth-order valence-electron chi connectivity index (χ4n) is 7.31. The summed E-state index contributed by atoms with van der Waals surface area (Å²) in [6.45, 7) is 0. The first kappa shape index (κ1) is 28.3. The molecule has 0 spiro atoms. The Kier molecular flexibility index (Phi) is 6.46. The topological polar surface area (TPSA) is 43.9 Å². The molecule has 0 saturated carbocycles. The molecule has 0 bridgehead atoms. The predicted molar refractivity (Wildman–Crippen MR) is 205 cm³/mol. The highest BCUT2D eigenvalue weighted by Crippen LogP contribution is 2.40. The van der Waals surface area contributed by atoms with Crippen LogP contribution < -0.4 is 0 Å². The summed E-state index contributed by atoms with van der Waals surface area (Å²) >= 11 is 0. The molecule has 0 aliphatic carbocycles. The van der Waals surface area contributed by atoms with E-state index in [-0.39, 0.29) is 0 Å². The second-order valence-corrected chi connectivity index (χ2v) is 12.6. The number of para-hydroxylation sites is 5. The van der Waals surface area contributed by atoms with E-state index >= 15 is 0 Å². The molecule has 0 radical (unpaired) electrons. The molecule has 10 aromatic rings. The highest BCUT2D eigenvalue weighted by molar-refractivity contribution is 6.14. The minimum Gasteiger partial charge on any atom is -0.455 e. The Morgan fingerprint density at radius 2 is 1.02 bits per heavy atom. The Hall–Kier alpha value is -6.78. The molecule has 0 N–H and O–H groups in total. The lowest BCUT2D eigenvalue weighted by Crippen LogP contribution is -1.99. The Morgan fingerprint density at radius 1 is 0.420 bits per heavy atom. The fraction of sp³-hybridized carbons (Fsp3) is 0. The van der Waals surface area contributed by atoms with Crippen LogP contribution in [0, 0.1) is 0 Å². The van der Waals surface area contributed by atoms with Crippen molar-refractivity contribution >= 4 is 43.7 Å². The predicted octanol–water partition coefficient (Wildman–Crippen LogP) is 12.1. The van der Waals surface area contributed by atoms with Crippen molar-refractivity contribution in [2.75, 3.05) is 0 Å². The average Bonchev–Trinajstić information content (AvgIpc) is 3.75. The molecular weight excluding hydrogens is 611 g/mol. The number of rotatable bonds is 5. The van der Waals surface area contributed by atoms with Gasteiger partial charge in [0.25, 0.3) is 0 Å². The third kappa shape index (κ3) is 4.54. The zero-order valence-electron chi connectivity index (χ0n) is 27.0. The molecule has 0 unspecified atom stereocenters. The van der Waals surface area contributed by atoms with Crippen molar-refractivity contribution in [3.8, 4) is 50.7 Å². The lowest BCUT2D eigenvalue weighted by atomic mass is 10.0. The highest BCUT2D eigenvalue weighted by Gasteiger charge is 2.21. The summed E-state index contributed by atoms with van der Waals surface area (Å²) in [4.78, 5) is 10.7. The molecule has 0 atom stereocenters. The summed E-state index contributed by atoms with van der Waals surface area (Å²) in [6, 6.07) is 61.3. The number of nitrogens with zero attached hydrogens (tertiary/aromatic N) is 3. The second kappa shape index (κ2) is 11.4. The number of benzene rings is 7. The first-order valence-electron chi connectivity index (χ1n) is 16.8. The van der Waals surface area contributed by atoms with Crippen molar-refractivity contribution in [1.82, 2.24) is 14.5 Å². The van der Waals surface area contributed by atoms with Crippen LogP contribution in [0.4, 0.5) is 0 Å². The molecule has 3 heterocycles. The van der Waals surface area contributed by atoms with E-state index in [0.29, 0.717) is 5.82 Å². The molecule has 50 heavy (non-hydrogen) atoms. The fourth-order valence-corrected chi connectivity index (χ4v) is 7.31. The van der Waals surface area contributed by atoms with Crippen LogP contribution in [0.1, 0.15) is 0 Å². The van der Waals surface area contributed by atoms with E-state index in [9.17, 15) is 0 Å². The Morgan fingerprint density at radius 3 is 1.84 bits per heavy atom. The van der Waals surface area contributed by atoms with E-state index in [1.165, 1.54) is 10.9 Å². The summed E-state index contributed by atoms with van der Waals surface area (Å²) < 4.78 is 8.85. The number of fused-ring (bicyclic) bond motifs is 6. The van der Waals surface area contributed by atoms with E-state index in [4.69, 9.17) is 14.4 Å². The normalized spacial score (nSPS) is 11.6. The van der Waals surface area contributed by atoms with Gasteiger partial charge in [-0.25, -0.2) is 9.97 Å². The summed E-state index contributed by atoms with van der Waals surface area (Å²) in [5.74, 6) is 0.656. The third-order valence-electron chi connectivity index (χ3n) is 9.64. The van der Waals surface area contributed by atoms with Crippen molar-refractivity contribution in [2.24, 2.45) is 0 Å². The molecule has 0 aliphatic heterocycles. The van der Waals surface area contributed by atoms with Crippen molar-refractivity contribution < 1.29 is 4.42 Å². The largest absolute Gasteiger partial charge is 0.455 e. The van der Waals surface area contributed by atoms with Gasteiger partial charge in [-0.2, -0.15) is 0 Å². The Bertz CT molecular complexity index is 2850. The van der Waals surface area contributed by atoms with E-state index in [1.54, 1.807) is 0 Å². The van der Waals surface area contributed by atoms with E-state index in [2.05, 4.69) is 162 Å².